The monoisotopic (exact) mass is 361 g/mol. The second-order valence-electron chi connectivity index (χ2n) is 4.34. The van der Waals surface area contributed by atoms with Crippen LogP contribution in [-0.4, -0.2) is 29.1 Å². The Kier molecular flexibility index (Phi) is 4.22. The van der Waals surface area contributed by atoms with Crippen molar-refractivity contribution in [2.75, 3.05) is 13.1 Å². The van der Waals surface area contributed by atoms with Crippen LogP contribution < -0.4 is 0 Å². The third-order valence-corrected chi connectivity index (χ3v) is 3.87. The molecule has 1 aliphatic rings. The highest BCUT2D eigenvalue weighted by Gasteiger charge is 2.27. The quantitative estimate of drug-likeness (QED) is 0.898. The molecule has 0 aliphatic carbocycles. The summed E-state index contributed by atoms with van der Waals surface area (Å²) < 4.78 is 2.08. The van der Waals surface area contributed by atoms with Gasteiger partial charge in [0.2, 0.25) is 0 Å². The number of halogens is 2. The van der Waals surface area contributed by atoms with Crippen LogP contribution in [0.15, 0.2) is 27.1 Å². The van der Waals surface area contributed by atoms with E-state index in [0.29, 0.717) is 6.54 Å². The first kappa shape index (κ1) is 13.1. The summed E-state index contributed by atoms with van der Waals surface area (Å²) in [5.74, 6) is -0.881. The average Bonchev–Trinajstić information content (AvgIpc) is 2.64. The summed E-state index contributed by atoms with van der Waals surface area (Å²) in [5.41, 5.74) is 1.19. The lowest BCUT2D eigenvalue weighted by atomic mass is 10.1. The molecule has 1 unspecified atom stereocenters. The van der Waals surface area contributed by atoms with Gasteiger partial charge in [-0.25, -0.2) is 0 Å². The number of carboxylic acids is 1. The fourth-order valence-electron chi connectivity index (χ4n) is 2.14. The van der Waals surface area contributed by atoms with Gasteiger partial charge in [-0.15, -0.1) is 0 Å². The molecule has 5 heteroatoms. The predicted octanol–water partition coefficient (Wildman–Crippen LogP) is 3.12. The first-order valence-electron chi connectivity index (χ1n) is 5.45. The summed E-state index contributed by atoms with van der Waals surface area (Å²) in [6.07, 6.45) is 0.754. The zero-order valence-electron chi connectivity index (χ0n) is 9.20. The molecule has 0 saturated carbocycles. The molecule has 1 aromatic carbocycles. The molecular weight excluding hydrogens is 350 g/mol. The fraction of sp³-hybridized carbons (Fsp3) is 0.417. The van der Waals surface area contributed by atoms with Crippen LogP contribution >= 0.6 is 31.9 Å². The Labute approximate surface area is 117 Å². The number of carboxylic acid groups (broad SMARTS) is 1. The maximum Gasteiger partial charge on any atom is 0.307 e. The van der Waals surface area contributed by atoms with Crippen LogP contribution in [0.2, 0.25) is 0 Å². The normalized spacial score (nSPS) is 20.7. The Balaban J connectivity index is 2.00. The van der Waals surface area contributed by atoms with Gasteiger partial charge in [-0.3, -0.25) is 9.69 Å². The molecule has 0 amide bonds. The van der Waals surface area contributed by atoms with Gasteiger partial charge in [-0.1, -0.05) is 31.9 Å². The number of carbonyl (C=O) groups is 1. The van der Waals surface area contributed by atoms with E-state index in [9.17, 15) is 4.79 Å². The van der Waals surface area contributed by atoms with E-state index in [2.05, 4.69) is 48.9 Å². The van der Waals surface area contributed by atoms with E-state index in [4.69, 9.17) is 5.11 Å². The SMILES string of the molecule is O=C(O)C1CCN(Cc2cc(Br)cc(Br)c2)C1. The molecule has 0 radical (unpaired) electrons. The lowest BCUT2D eigenvalue weighted by molar-refractivity contribution is -0.141. The van der Waals surface area contributed by atoms with Crippen molar-refractivity contribution in [1.82, 2.24) is 4.90 Å². The van der Waals surface area contributed by atoms with Crippen LogP contribution in [0.4, 0.5) is 0 Å². The number of benzene rings is 1. The highest BCUT2D eigenvalue weighted by atomic mass is 79.9. The summed E-state index contributed by atoms with van der Waals surface area (Å²) >= 11 is 6.91. The Morgan fingerprint density at radius 3 is 2.53 bits per heavy atom. The zero-order valence-corrected chi connectivity index (χ0v) is 12.4. The van der Waals surface area contributed by atoms with E-state index in [-0.39, 0.29) is 5.92 Å². The highest BCUT2D eigenvalue weighted by molar-refractivity contribution is 9.11. The number of likely N-dealkylation sites (tertiary alicyclic amines) is 1. The van der Waals surface area contributed by atoms with Gasteiger partial charge < -0.3 is 5.11 Å². The van der Waals surface area contributed by atoms with E-state index in [0.717, 1.165) is 28.5 Å². The summed E-state index contributed by atoms with van der Waals surface area (Å²) in [5, 5.41) is 8.94. The lowest BCUT2D eigenvalue weighted by Crippen LogP contribution is -2.22. The molecule has 0 spiro atoms. The third kappa shape index (κ3) is 3.53. The fourth-order valence-corrected chi connectivity index (χ4v) is 3.53. The van der Waals surface area contributed by atoms with Crippen LogP contribution in [0, 0.1) is 5.92 Å². The van der Waals surface area contributed by atoms with Gasteiger partial charge in [0.15, 0.2) is 0 Å². The molecule has 1 N–H and O–H groups in total. The van der Waals surface area contributed by atoms with Crippen LogP contribution in [0.3, 0.4) is 0 Å². The van der Waals surface area contributed by atoms with Crippen molar-refractivity contribution in [2.24, 2.45) is 5.92 Å². The number of nitrogens with zero attached hydrogens (tertiary/aromatic N) is 1. The maximum atomic E-state index is 10.9. The Hall–Kier alpha value is -0.390. The number of hydrogen-bond donors (Lipinski definition) is 1. The molecular formula is C12H13Br2NO2. The zero-order chi connectivity index (χ0) is 12.4. The van der Waals surface area contributed by atoms with Crippen LogP contribution in [0.5, 0.6) is 0 Å². The van der Waals surface area contributed by atoms with Crippen LogP contribution in [0.25, 0.3) is 0 Å². The van der Waals surface area contributed by atoms with E-state index in [1.807, 2.05) is 6.07 Å². The molecule has 1 heterocycles. The van der Waals surface area contributed by atoms with Crippen molar-refractivity contribution in [3.05, 3.63) is 32.7 Å². The molecule has 0 aromatic heterocycles. The smallest absolute Gasteiger partial charge is 0.307 e. The van der Waals surface area contributed by atoms with Crippen molar-refractivity contribution in [1.29, 1.82) is 0 Å². The van der Waals surface area contributed by atoms with Gasteiger partial charge in [-0.2, -0.15) is 0 Å². The third-order valence-electron chi connectivity index (χ3n) is 2.95. The number of rotatable bonds is 3. The van der Waals surface area contributed by atoms with Crippen molar-refractivity contribution in [3.63, 3.8) is 0 Å². The molecule has 17 heavy (non-hydrogen) atoms. The summed E-state index contributed by atoms with van der Waals surface area (Å²) in [6.45, 7) is 2.32. The Morgan fingerprint density at radius 1 is 1.35 bits per heavy atom. The summed E-state index contributed by atoms with van der Waals surface area (Å²) in [4.78, 5) is 13.1. The van der Waals surface area contributed by atoms with Crippen molar-refractivity contribution in [3.8, 4) is 0 Å². The van der Waals surface area contributed by atoms with Crippen molar-refractivity contribution >= 4 is 37.8 Å². The minimum Gasteiger partial charge on any atom is -0.481 e. The van der Waals surface area contributed by atoms with E-state index in [1.54, 1.807) is 0 Å². The molecule has 1 fully saturated rings. The molecule has 1 saturated heterocycles. The lowest BCUT2D eigenvalue weighted by Gasteiger charge is -2.15. The largest absolute Gasteiger partial charge is 0.481 e. The van der Waals surface area contributed by atoms with Gasteiger partial charge in [0.05, 0.1) is 5.92 Å². The van der Waals surface area contributed by atoms with Gasteiger partial charge in [0, 0.05) is 22.0 Å². The van der Waals surface area contributed by atoms with Crippen LogP contribution in [-0.2, 0) is 11.3 Å². The highest BCUT2D eigenvalue weighted by Crippen LogP contribution is 2.23. The van der Waals surface area contributed by atoms with Crippen molar-refractivity contribution in [2.45, 2.75) is 13.0 Å². The van der Waals surface area contributed by atoms with Gasteiger partial charge in [-0.05, 0) is 36.7 Å². The van der Waals surface area contributed by atoms with E-state index in [1.165, 1.54) is 5.56 Å². The van der Waals surface area contributed by atoms with Gasteiger partial charge in [0.1, 0.15) is 0 Å². The molecule has 92 valence electrons. The number of aliphatic carboxylic acids is 1. The molecule has 1 aromatic rings. The maximum absolute atomic E-state index is 10.9. The van der Waals surface area contributed by atoms with Crippen LogP contribution in [0.1, 0.15) is 12.0 Å². The minimum atomic E-state index is -0.678. The molecule has 3 nitrogen and oxygen atoms in total. The summed E-state index contributed by atoms with van der Waals surface area (Å²) in [6, 6.07) is 6.13. The van der Waals surface area contributed by atoms with Gasteiger partial charge >= 0.3 is 5.97 Å². The van der Waals surface area contributed by atoms with Crippen molar-refractivity contribution < 1.29 is 9.90 Å². The topological polar surface area (TPSA) is 40.5 Å². The molecule has 2 rings (SSSR count). The second-order valence-corrected chi connectivity index (χ2v) is 6.17. The minimum absolute atomic E-state index is 0.203. The first-order chi connectivity index (χ1) is 8.04. The second kappa shape index (κ2) is 5.50. The summed E-state index contributed by atoms with van der Waals surface area (Å²) in [7, 11) is 0. The first-order valence-corrected chi connectivity index (χ1v) is 7.03. The van der Waals surface area contributed by atoms with Gasteiger partial charge in [0.25, 0.3) is 0 Å². The molecule has 1 aliphatic heterocycles. The molecule has 0 bridgehead atoms. The Morgan fingerprint density at radius 2 is 2.00 bits per heavy atom. The predicted molar refractivity (Wildman–Crippen MR) is 72.9 cm³/mol. The number of hydrogen-bond acceptors (Lipinski definition) is 2. The standard InChI is InChI=1S/C12H13Br2NO2/c13-10-3-8(4-11(14)5-10)6-15-2-1-9(7-15)12(16)17/h3-5,9H,1-2,6-7H2,(H,16,17). The molecule has 1 atom stereocenters. The van der Waals surface area contributed by atoms with E-state index < -0.39 is 5.97 Å². The van der Waals surface area contributed by atoms with E-state index >= 15 is 0 Å². The Bertz CT molecular complexity index is 416. The average molecular weight is 363 g/mol.